The molecule has 0 aromatic heterocycles. The smallest absolute Gasteiger partial charge is 0.127 e. The van der Waals surface area contributed by atoms with Crippen LogP contribution in [0.1, 0.15) is 25.7 Å². The number of hydrogen-bond donors (Lipinski definition) is 2. The number of hydrogen-bond acceptors (Lipinski definition) is 2. The van der Waals surface area contributed by atoms with Gasteiger partial charge in [0.05, 0.1) is 0 Å². The number of fused-ring (bicyclic) bond motifs is 2. The van der Waals surface area contributed by atoms with E-state index in [1.807, 2.05) is 6.07 Å². The Bertz CT molecular complexity index is 385. The third kappa shape index (κ3) is 1.75. The fraction of sp³-hybridized carbons (Fsp3) is 0.538. The molecule has 2 aliphatic carbocycles. The Labute approximate surface area is 95.0 Å². The van der Waals surface area contributed by atoms with E-state index in [2.05, 4.69) is 5.32 Å². The van der Waals surface area contributed by atoms with Gasteiger partial charge in [0.2, 0.25) is 0 Å². The van der Waals surface area contributed by atoms with Gasteiger partial charge in [-0.05, 0) is 49.3 Å². The zero-order chi connectivity index (χ0) is 11.1. The highest BCUT2D eigenvalue weighted by Gasteiger charge is 2.39. The van der Waals surface area contributed by atoms with Gasteiger partial charge in [0.1, 0.15) is 5.82 Å². The highest BCUT2D eigenvalue weighted by atomic mass is 19.1. The maximum absolute atomic E-state index is 13.2. The molecule has 0 spiro atoms. The lowest BCUT2D eigenvalue weighted by Crippen LogP contribution is -2.25. The fourth-order valence-corrected chi connectivity index (χ4v) is 3.33. The Balaban J connectivity index is 1.74. The molecule has 3 heteroatoms. The molecule has 2 fully saturated rings. The molecule has 2 saturated carbocycles. The lowest BCUT2D eigenvalue weighted by Gasteiger charge is -2.24. The van der Waals surface area contributed by atoms with Crippen LogP contribution in [0.3, 0.4) is 0 Å². The van der Waals surface area contributed by atoms with Crippen molar-refractivity contribution in [2.75, 3.05) is 11.1 Å². The Morgan fingerprint density at radius 1 is 1.19 bits per heavy atom. The SMILES string of the molecule is Nc1cc(F)cc(NC2CC3CCC2C3)c1. The van der Waals surface area contributed by atoms with Crippen LogP contribution in [-0.2, 0) is 0 Å². The van der Waals surface area contributed by atoms with Gasteiger partial charge >= 0.3 is 0 Å². The normalized spacial score (nSPS) is 31.9. The van der Waals surface area contributed by atoms with Crippen LogP contribution in [0, 0.1) is 17.7 Å². The van der Waals surface area contributed by atoms with Gasteiger partial charge in [-0.3, -0.25) is 0 Å². The van der Waals surface area contributed by atoms with Gasteiger partial charge in [-0.1, -0.05) is 6.42 Å². The van der Waals surface area contributed by atoms with E-state index in [4.69, 9.17) is 5.73 Å². The molecule has 16 heavy (non-hydrogen) atoms. The van der Waals surface area contributed by atoms with Gasteiger partial charge in [-0.15, -0.1) is 0 Å². The van der Waals surface area contributed by atoms with E-state index in [1.54, 1.807) is 0 Å². The molecular weight excluding hydrogens is 203 g/mol. The first kappa shape index (κ1) is 9.94. The van der Waals surface area contributed by atoms with Crippen molar-refractivity contribution in [3.8, 4) is 0 Å². The first-order valence-electron chi connectivity index (χ1n) is 6.03. The highest BCUT2D eigenvalue weighted by molar-refractivity contribution is 5.55. The third-order valence-corrected chi connectivity index (χ3v) is 4.01. The maximum Gasteiger partial charge on any atom is 0.127 e. The molecule has 0 saturated heterocycles. The van der Waals surface area contributed by atoms with Crippen molar-refractivity contribution < 1.29 is 4.39 Å². The second-order valence-corrected chi connectivity index (χ2v) is 5.20. The zero-order valence-electron chi connectivity index (χ0n) is 9.25. The third-order valence-electron chi connectivity index (χ3n) is 4.01. The lowest BCUT2D eigenvalue weighted by molar-refractivity contribution is 0.439. The summed E-state index contributed by atoms with van der Waals surface area (Å²) in [4.78, 5) is 0. The average Bonchev–Trinajstić information content (AvgIpc) is 2.77. The van der Waals surface area contributed by atoms with E-state index < -0.39 is 0 Å². The minimum absolute atomic E-state index is 0.259. The topological polar surface area (TPSA) is 38.0 Å². The van der Waals surface area contributed by atoms with Gasteiger partial charge in [0.15, 0.2) is 0 Å². The molecule has 0 amide bonds. The van der Waals surface area contributed by atoms with E-state index in [1.165, 1.54) is 37.8 Å². The van der Waals surface area contributed by atoms with Gasteiger partial charge < -0.3 is 11.1 Å². The summed E-state index contributed by atoms with van der Waals surface area (Å²) in [5.74, 6) is 1.42. The summed E-state index contributed by atoms with van der Waals surface area (Å²) in [7, 11) is 0. The minimum atomic E-state index is -0.259. The summed E-state index contributed by atoms with van der Waals surface area (Å²) in [5.41, 5.74) is 6.95. The summed E-state index contributed by atoms with van der Waals surface area (Å²) in [6.45, 7) is 0. The van der Waals surface area contributed by atoms with Gasteiger partial charge in [-0.2, -0.15) is 0 Å². The Morgan fingerprint density at radius 2 is 2.06 bits per heavy atom. The maximum atomic E-state index is 13.2. The number of anilines is 2. The van der Waals surface area contributed by atoms with E-state index in [9.17, 15) is 4.39 Å². The molecule has 3 N–H and O–H groups in total. The van der Waals surface area contributed by atoms with E-state index in [-0.39, 0.29) is 5.82 Å². The molecule has 2 nitrogen and oxygen atoms in total. The van der Waals surface area contributed by atoms with Crippen molar-refractivity contribution in [2.45, 2.75) is 31.7 Å². The molecule has 2 aliphatic rings. The van der Waals surface area contributed by atoms with E-state index in [0.717, 1.165) is 17.5 Å². The Kier molecular flexibility index (Phi) is 2.27. The second kappa shape index (κ2) is 3.65. The first-order valence-corrected chi connectivity index (χ1v) is 6.03. The molecule has 3 atom stereocenters. The number of nitrogens with two attached hydrogens (primary N) is 1. The highest BCUT2D eigenvalue weighted by Crippen LogP contribution is 2.45. The second-order valence-electron chi connectivity index (χ2n) is 5.20. The number of nitrogens with one attached hydrogen (secondary N) is 1. The van der Waals surface area contributed by atoms with Gasteiger partial charge in [-0.25, -0.2) is 4.39 Å². The average molecular weight is 220 g/mol. The molecule has 0 aliphatic heterocycles. The molecule has 1 aromatic rings. The monoisotopic (exact) mass is 220 g/mol. The van der Waals surface area contributed by atoms with E-state index in [0.29, 0.717) is 11.7 Å². The fourth-order valence-electron chi connectivity index (χ4n) is 3.33. The molecule has 86 valence electrons. The number of rotatable bonds is 2. The van der Waals surface area contributed by atoms with Crippen LogP contribution in [0.15, 0.2) is 18.2 Å². The van der Waals surface area contributed by atoms with Crippen LogP contribution in [-0.4, -0.2) is 6.04 Å². The largest absolute Gasteiger partial charge is 0.399 e. The molecular formula is C13H17FN2. The zero-order valence-corrected chi connectivity index (χ0v) is 9.25. The lowest BCUT2D eigenvalue weighted by atomic mass is 9.95. The van der Waals surface area contributed by atoms with Crippen molar-refractivity contribution in [3.63, 3.8) is 0 Å². The first-order chi connectivity index (χ1) is 7.70. The van der Waals surface area contributed by atoms with Crippen LogP contribution >= 0.6 is 0 Å². The quantitative estimate of drug-likeness (QED) is 0.752. The molecule has 0 heterocycles. The molecule has 0 radical (unpaired) electrons. The van der Waals surface area contributed by atoms with Crippen LogP contribution in [0.2, 0.25) is 0 Å². The van der Waals surface area contributed by atoms with Crippen molar-refractivity contribution in [3.05, 3.63) is 24.0 Å². The standard InChI is InChI=1S/C13H17FN2/c14-10-5-11(15)7-12(6-10)16-13-4-8-1-2-9(13)3-8/h5-9,13,16H,1-4,15H2. The number of nitrogen functional groups attached to an aromatic ring is 1. The molecule has 3 rings (SSSR count). The summed E-state index contributed by atoms with van der Waals surface area (Å²) in [6, 6.07) is 5.23. The van der Waals surface area contributed by atoms with E-state index >= 15 is 0 Å². The van der Waals surface area contributed by atoms with Crippen LogP contribution in [0.5, 0.6) is 0 Å². The predicted molar refractivity (Wildman–Crippen MR) is 63.7 cm³/mol. The summed E-state index contributed by atoms with van der Waals surface area (Å²) < 4.78 is 13.2. The predicted octanol–water partition coefficient (Wildman–Crippen LogP) is 3.01. The summed E-state index contributed by atoms with van der Waals surface area (Å²) in [6.07, 6.45) is 5.30. The Morgan fingerprint density at radius 3 is 2.69 bits per heavy atom. The Hall–Kier alpha value is -1.25. The van der Waals surface area contributed by atoms with Crippen LogP contribution in [0.4, 0.5) is 15.8 Å². The van der Waals surface area contributed by atoms with Gasteiger partial charge in [0.25, 0.3) is 0 Å². The van der Waals surface area contributed by atoms with Crippen molar-refractivity contribution in [1.29, 1.82) is 0 Å². The summed E-state index contributed by atoms with van der Waals surface area (Å²) in [5, 5.41) is 3.43. The molecule has 3 unspecified atom stereocenters. The van der Waals surface area contributed by atoms with Crippen molar-refractivity contribution in [1.82, 2.24) is 0 Å². The van der Waals surface area contributed by atoms with Crippen LogP contribution in [0.25, 0.3) is 0 Å². The minimum Gasteiger partial charge on any atom is -0.399 e. The van der Waals surface area contributed by atoms with Gasteiger partial charge in [0, 0.05) is 17.4 Å². The van der Waals surface area contributed by atoms with Crippen LogP contribution < -0.4 is 11.1 Å². The van der Waals surface area contributed by atoms with Crippen molar-refractivity contribution >= 4 is 11.4 Å². The summed E-state index contributed by atoms with van der Waals surface area (Å²) >= 11 is 0. The molecule has 2 bridgehead atoms. The number of benzene rings is 1. The number of halogens is 1. The molecule has 1 aromatic carbocycles. The van der Waals surface area contributed by atoms with Crippen molar-refractivity contribution in [2.24, 2.45) is 11.8 Å².